The van der Waals surface area contributed by atoms with Crippen LogP contribution in [0.25, 0.3) is 0 Å². The average molecular weight is 370 g/mol. The van der Waals surface area contributed by atoms with Gasteiger partial charge in [-0.3, -0.25) is 9.59 Å². The van der Waals surface area contributed by atoms with Gasteiger partial charge in [-0.1, -0.05) is 0 Å². The van der Waals surface area contributed by atoms with E-state index in [2.05, 4.69) is 0 Å². The Kier molecular flexibility index (Phi) is 2.16. The molecule has 9 rings (SSSR count). The summed E-state index contributed by atoms with van der Waals surface area (Å²) >= 11 is 0. The minimum atomic E-state index is -0.841. The molecule has 0 N–H and O–H groups in total. The third-order valence-corrected chi connectivity index (χ3v) is 8.15. The summed E-state index contributed by atoms with van der Waals surface area (Å²) in [4.78, 5) is 26.9. The van der Waals surface area contributed by atoms with Crippen molar-refractivity contribution >= 4 is 11.6 Å². The molecule has 6 heterocycles. The third-order valence-electron chi connectivity index (χ3n) is 8.15. The molecule has 0 aromatic heterocycles. The summed E-state index contributed by atoms with van der Waals surface area (Å²) < 4.78 is 30.5. The maximum Gasteiger partial charge on any atom is 0.190 e. The summed E-state index contributed by atoms with van der Waals surface area (Å²) in [7, 11) is 0. The quantitative estimate of drug-likeness (QED) is 0.441. The number of ketones is 2. The normalized spacial score (nSPS) is 63.2. The van der Waals surface area contributed by atoms with Crippen LogP contribution in [-0.4, -0.2) is 66.7 Å². The van der Waals surface area contributed by atoms with E-state index in [0.717, 1.165) is 16.7 Å². The zero-order valence-corrected chi connectivity index (χ0v) is 14.8. The first-order chi connectivity index (χ1) is 13.0. The summed E-state index contributed by atoms with van der Waals surface area (Å²) in [6, 6.07) is 0. The minimum absolute atomic E-state index is 0.0572. The molecule has 0 radical (unpaired) electrons. The van der Waals surface area contributed by atoms with Crippen molar-refractivity contribution in [2.24, 2.45) is 17.3 Å². The van der Waals surface area contributed by atoms with Crippen molar-refractivity contribution in [1.82, 2.24) is 0 Å². The smallest absolute Gasteiger partial charge is 0.190 e. The van der Waals surface area contributed by atoms with Crippen molar-refractivity contribution in [3.05, 3.63) is 22.8 Å². The van der Waals surface area contributed by atoms with Crippen LogP contribution in [0.5, 0.6) is 0 Å². The van der Waals surface area contributed by atoms with Crippen LogP contribution in [-0.2, 0) is 33.3 Å². The Balaban J connectivity index is 1.50. The number of epoxide rings is 2. The summed E-state index contributed by atoms with van der Waals surface area (Å²) in [6.07, 6.45) is -1.12. The number of carbonyl (C=O) groups excluding carboxylic acids is 2. The van der Waals surface area contributed by atoms with Gasteiger partial charge < -0.3 is 23.7 Å². The molecule has 6 aliphatic heterocycles. The van der Waals surface area contributed by atoms with Crippen molar-refractivity contribution in [1.29, 1.82) is 0 Å². The van der Waals surface area contributed by atoms with Crippen LogP contribution in [0.3, 0.4) is 0 Å². The predicted molar refractivity (Wildman–Crippen MR) is 85.4 cm³/mol. The highest BCUT2D eigenvalue weighted by atomic mass is 16.7. The summed E-state index contributed by atoms with van der Waals surface area (Å²) in [6.45, 7) is 4.00. The van der Waals surface area contributed by atoms with Gasteiger partial charge in [-0.25, -0.2) is 0 Å². The second kappa shape index (κ2) is 4.00. The van der Waals surface area contributed by atoms with Gasteiger partial charge in [-0.15, -0.1) is 0 Å². The highest BCUT2D eigenvalue weighted by molar-refractivity contribution is 6.06. The lowest BCUT2D eigenvalue weighted by Crippen LogP contribution is -2.71. The molecular formula is C20H18O7. The molecule has 7 nitrogen and oxygen atoms in total. The molecule has 5 bridgehead atoms. The topological polar surface area (TPSA) is 86.9 Å². The molecule has 9 aliphatic rings. The molecule has 7 heteroatoms. The van der Waals surface area contributed by atoms with Crippen molar-refractivity contribution in [3.8, 4) is 0 Å². The van der Waals surface area contributed by atoms with Gasteiger partial charge in [-0.05, 0) is 25.5 Å². The molecule has 5 fully saturated rings. The van der Waals surface area contributed by atoms with E-state index in [1.165, 1.54) is 0 Å². The van der Waals surface area contributed by atoms with Crippen molar-refractivity contribution < 1.29 is 33.3 Å². The molecule has 0 amide bonds. The van der Waals surface area contributed by atoms with E-state index in [1.54, 1.807) is 0 Å². The van der Waals surface area contributed by atoms with E-state index < -0.39 is 30.0 Å². The van der Waals surface area contributed by atoms with Gasteiger partial charge in [-0.2, -0.15) is 0 Å². The SMILES string of the molecule is C[C@H]1O[C@H]2C3=C4C(=O)[C@@H]5O[C@@H]5[C@H]3O[C@@H]3O[C@H](C)[C@H]([C@@H]41)[C@@]21C(=O)[C@@H]2O[C@@H]2C=C31. The fourth-order valence-corrected chi connectivity index (χ4v) is 7.20. The van der Waals surface area contributed by atoms with Gasteiger partial charge in [0.15, 0.2) is 17.9 Å². The van der Waals surface area contributed by atoms with Gasteiger partial charge in [0.2, 0.25) is 0 Å². The van der Waals surface area contributed by atoms with E-state index in [-0.39, 0.29) is 53.9 Å². The lowest BCUT2D eigenvalue weighted by molar-refractivity contribution is -0.246. The second-order valence-electron chi connectivity index (χ2n) is 9.13. The number of Topliss-reactive ketones (excluding diaryl/α,β-unsaturated/α-hetero) is 2. The molecule has 140 valence electrons. The van der Waals surface area contributed by atoms with Gasteiger partial charge in [0.25, 0.3) is 0 Å². The molecule has 12 atom stereocenters. The van der Waals surface area contributed by atoms with Crippen LogP contribution >= 0.6 is 0 Å². The first-order valence-electron chi connectivity index (χ1n) is 9.85. The van der Waals surface area contributed by atoms with E-state index in [9.17, 15) is 9.59 Å². The fourth-order valence-electron chi connectivity index (χ4n) is 7.20. The lowest BCUT2D eigenvalue weighted by atomic mass is 9.46. The highest BCUT2D eigenvalue weighted by Gasteiger charge is 2.79. The van der Waals surface area contributed by atoms with Crippen LogP contribution in [0.4, 0.5) is 0 Å². The van der Waals surface area contributed by atoms with Crippen molar-refractivity contribution in [2.45, 2.75) is 69.0 Å². The number of hydrogen-bond donors (Lipinski definition) is 0. The van der Waals surface area contributed by atoms with Gasteiger partial charge >= 0.3 is 0 Å². The van der Waals surface area contributed by atoms with Gasteiger partial charge in [0.05, 0.1) is 23.7 Å². The highest BCUT2D eigenvalue weighted by Crippen LogP contribution is 2.69. The molecule has 0 aromatic carbocycles. The Morgan fingerprint density at radius 3 is 2.63 bits per heavy atom. The molecular weight excluding hydrogens is 352 g/mol. The number of fused-ring (bicyclic) bond motifs is 4. The van der Waals surface area contributed by atoms with Crippen LogP contribution in [0, 0.1) is 17.3 Å². The lowest BCUT2D eigenvalue weighted by Gasteiger charge is -2.62. The van der Waals surface area contributed by atoms with Gasteiger partial charge in [0.1, 0.15) is 30.5 Å². The number of carbonyl (C=O) groups is 2. The molecule has 0 unspecified atom stereocenters. The van der Waals surface area contributed by atoms with Crippen LogP contribution in [0.15, 0.2) is 22.8 Å². The Labute approximate surface area is 154 Å². The standard InChI is InChI=1S/C20H18O7/c1-4-8-9-10-14(16-15(26-16)12(9)21)27-19-6-3-7-13(25-7)17(22)20(6,18(10)23-4)11(8)5(2)24-19/h3-5,7-8,11,13-16,18-19H,1-2H3/t4-,5-,7-,8-,11-,13-,14+,15+,16-,18+,19+,20+/m1/s1. The van der Waals surface area contributed by atoms with Crippen LogP contribution in [0.1, 0.15) is 13.8 Å². The molecule has 0 saturated carbocycles. The maximum atomic E-state index is 13.7. The predicted octanol–water partition coefficient (Wildman–Crippen LogP) is 0.0729. The monoisotopic (exact) mass is 370 g/mol. The van der Waals surface area contributed by atoms with Crippen LogP contribution in [0.2, 0.25) is 0 Å². The molecule has 5 saturated heterocycles. The summed E-state index contributed by atoms with van der Waals surface area (Å²) in [5.41, 5.74) is 1.65. The van der Waals surface area contributed by atoms with E-state index in [1.807, 2.05) is 19.9 Å². The second-order valence-corrected chi connectivity index (χ2v) is 9.13. The number of ether oxygens (including phenoxy) is 5. The minimum Gasteiger partial charge on any atom is -0.369 e. The summed E-state index contributed by atoms with van der Waals surface area (Å²) in [5, 5.41) is 0. The fraction of sp³-hybridized carbons (Fsp3) is 0.700. The third kappa shape index (κ3) is 1.30. The number of hydrogen-bond acceptors (Lipinski definition) is 7. The Bertz CT molecular complexity index is 935. The maximum absolute atomic E-state index is 13.7. The van der Waals surface area contributed by atoms with E-state index in [4.69, 9.17) is 23.7 Å². The average Bonchev–Trinajstić information content (AvgIpc) is 3.53. The molecule has 0 aromatic rings. The molecule has 3 aliphatic carbocycles. The first-order valence-corrected chi connectivity index (χ1v) is 9.85. The van der Waals surface area contributed by atoms with Gasteiger partial charge in [0, 0.05) is 23.0 Å². The zero-order chi connectivity index (χ0) is 18.0. The van der Waals surface area contributed by atoms with Crippen molar-refractivity contribution in [3.63, 3.8) is 0 Å². The Morgan fingerprint density at radius 2 is 1.78 bits per heavy atom. The van der Waals surface area contributed by atoms with Crippen molar-refractivity contribution in [2.75, 3.05) is 0 Å². The largest absolute Gasteiger partial charge is 0.369 e. The first kappa shape index (κ1) is 14.6. The van der Waals surface area contributed by atoms with Crippen LogP contribution < -0.4 is 0 Å². The molecule has 1 spiro atoms. The zero-order valence-electron chi connectivity index (χ0n) is 14.8. The number of rotatable bonds is 0. The summed E-state index contributed by atoms with van der Waals surface area (Å²) in [5.74, 6) is -0.196. The molecule has 27 heavy (non-hydrogen) atoms. The van der Waals surface area contributed by atoms with E-state index >= 15 is 0 Å². The van der Waals surface area contributed by atoms with E-state index in [0.29, 0.717) is 0 Å². The Hall–Kier alpha value is -1.38. The Morgan fingerprint density at radius 1 is 0.926 bits per heavy atom.